The topological polar surface area (TPSA) is 47.6 Å². The maximum atomic E-state index is 10.8. The van der Waals surface area contributed by atoms with Gasteiger partial charge in [-0.15, -0.1) is 0 Å². The molecule has 2 saturated heterocycles. The highest BCUT2D eigenvalue weighted by Gasteiger charge is 2.69. The molecular formula is C12H19NO3. The molecule has 2 aliphatic heterocycles. The first kappa shape index (κ1) is 10.5. The van der Waals surface area contributed by atoms with Crippen molar-refractivity contribution >= 4 is 5.97 Å². The van der Waals surface area contributed by atoms with Crippen LogP contribution in [-0.4, -0.2) is 38.4 Å². The first-order valence-corrected chi connectivity index (χ1v) is 6.18. The van der Waals surface area contributed by atoms with E-state index in [0.29, 0.717) is 18.1 Å². The minimum absolute atomic E-state index is 0.174. The van der Waals surface area contributed by atoms with E-state index in [9.17, 15) is 4.79 Å². The number of carbonyl (C=O) groups is 1. The fraction of sp³-hybridized carbons (Fsp3) is 0.917. The fourth-order valence-electron chi connectivity index (χ4n) is 3.85. The fourth-order valence-corrected chi connectivity index (χ4v) is 3.85. The summed E-state index contributed by atoms with van der Waals surface area (Å²) in [5, 5.41) is 3.47. The van der Waals surface area contributed by atoms with Crippen molar-refractivity contribution in [2.24, 2.45) is 17.3 Å². The second kappa shape index (κ2) is 3.70. The maximum absolute atomic E-state index is 10.8. The van der Waals surface area contributed by atoms with Gasteiger partial charge >= 0.3 is 5.97 Å². The Morgan fingerprint density at radius 1 is 1.50 bits per heavy atom. The number of rotatable bonds is 2. The van der Waals surface area contributed by atoms with Crippen molar-refractivity contribution in [2.45, 2.75) is 25.8 Å². The number of hydrogen-bond donors (Lipinski definition) is 1. The highest BCUT2D eigenvalue weighted by atomic mass is 16.5. The molecule has 1 saturated carbocycles. The first-order chi connectivity index (χ1) is 7.74. The minimum Gasteiger partial charge on any atom is -0.464 e. The Bertz CT molecular complexity index is 299. The molecule has 0 aromatic rings. The zero-order valence-electron chi connectivity index (χ0n) is 9.70. The van der Waals surface area contributed by atoms with Crippen LogP contribution in [0.1, 0.15) is 19.8 Å². The number of hydrogen-bond acceptors (Lipinski definition) is 4. The van der Waals surface area contributed by atoms with E-state index in [-0.39, 0.29) is 5.97 Å². The first-order valence-electron chi connectivity index (χ1n) is 6.18. The van der Waals surface area contributed by atoms with Gasteiger partial charge in [0.05, 0.1) is 0 Å². The average molecular weight is 225 g/mol. The summed E-state index contributed by atoms with van der Waals surface area (Å²) in [4.78, 5) is 10.8. The molecule has 0 bridgehead atoms. The average Bonchev–Trinajstić information content (AvgIpc) is 2.71. The summed E-state index contributed by atoms with van der Waals surface area (Å²) in [6.45, 7) is 4.93. The zero-order valence-corrected chi connectivity index (χ0v) is 9.70. The van der Waals surface area contributed by atoms with Crippen molar-refractivity contribution in [1.29, 1.82) is 0 Å². The smallest absolute Gasteiger partial charge is 0.302 e. The van der Waals surface area contributed by atoms with E-state index in [1.807, 2.05) is 0 Å². The van der Waals surface area contributed by atoms with Gasteiger partial charge in [-0.2, -0.15) is 0 Å². The van der Waals surface area contributed by atoms with Crippen LogP contribution in [0.25, 0.3) is 0 Å². The lowest BCUT2D eigenvalue weighted by Crippen LogP contribution is -2.38. The van der Waals surface area contributed by atoms with E-state index in [1.165, 1.54) is 19.8 Å². The van der Waals surface area contributed by atoms with Crippen LogP contribution in [0.4, 0.5) is 0 Å². The minimum atomic E-state index is -0.174. The SMILES string of the molecule is CC(=O)OC[C@H]1NC[C@H]2[C@@H]1C21CCOCC1. The summed E-state index contributed by atoms with van der Waals surface area (Å²) in [7, 11) is 0. The van der Waals surface area contributed by atoms with Gasteiger partial charge < -0.3 is 14.8 Å². The van der Waals surface area contributed by atoms with E-state index in [1.54, 1.807) is 0 Å². The van der Waals surface area contributed by atoms with Gasteiger partial charge in [-0.1, -0.05) is 0 Å². The standard InChI is InChI=1S/C12H19NO3/c1-8(14)16-7-10-11-9(6-13-10)12(11)2-4-15-5-3-12/h9-11,13H,2-7H2,1H3/t9-,10+,11-/m0/s1. The molecule has 90 valence electrons. The Labute approximate surface area is 95.7 Å². The predicted molar refractivity (Wildman–Crippen MR) is 57.9 cm³/mol. The third-order valence-corrected chi connectivity index (χ3v) is 4.65. The van der Waals surface area contributed by atoms with Crippen molar-refractivity contribution in [2.75, 3.05) is 26.4 Å². The van der Waals surface area contributed by atoms with Gasteiger partial charge in [0.25, 0.3) is 0 Å². The number of carbonyl (C=O) groups excluding carboxylic acids is 1. The Morgan fingerprint density at radius 2 is 2.25 bits per heavy atom. The second-order valence-corrected chi connectivity index (χ2v) is 5.30. The van der Waals surface area contributed by atoms with Gasteiger partial charge in [-0.3, -0.25) is 4.79 Å². The van der Waals surface area contributed by atoms with E-state index >= 15 is 0 Å². The van der Waals surface area contributed by atoms with E-state index in [4.69, 9.17) is 9.47 Å². The Hall–Kier alpha value is -0.610. The highest BCUT2D eigenvalue weighted by molar-refractivity contribution is 5.65. The molecule has 3 rings (SSSR count). The molecule has 3 aliphatic rings. The van der Waals surface area contributed by atoms with Crippen molar-refractivity contribution in [3.63, 3.8) is 0 Å². The third kappa shape index (κ3) is 1.47. The Kier molecular flexibility index (Phi) is 2.44. The molecule has 4 nitrogen and oxygen atoms in total. The molecular weight excluding hydrogens is 206 g/mol. The molecule has 3 atom stereocenters. The monoisotopic (exact) mass is 225 g/mol. The lowest BCUT2D eigenvalue weighted by molar-refractivity contribution is -0.141. The molecule has 0 radical (unpaired) electrons. The maximum Gasteiger partial charge on any atom is 0.302 e. The molecule has 1 spiro atoms. The molecule has 1 aliphatic carbocycles. The molecule has 0 amide bonds. The summed E-state index contributed by atoms with van der Waals surface area (Å²) in [5.74, 6) is 1.35. The summed E-state index contributed by atoms with van der Waals surface area (Å²) in [6.07, 6.45) is 2.39. The van der Waals surface area contributed by atoms with Crippen LogP contribution in [0.2, 0.25) is 0 Å². The largest absolute Gasteiger partial charge is 0.464 e. The van der Waals surface area contributed by atoms with Crippen molar-refractivity contribution in [3.05, 3.63) is 0 Å². The van der Waals surface area contributed by atoms with Gasteiger partial charge in [0.15, 0.2) is 0 Å². The van der Waals surface area contributed by atoms with Crippen LogP contribution in [-0.2, 0) is 14.3 Å². The Balaban J connectivity index is 1.61. The molecule has 0 unspecified atom stereocenters. The number of ether oxygens (including phenoxy) is 2. The van der Waals surface area contributed by atoms with Crippen LogP contribution >= 0.6 is 0 Å². The normalized spacial score (nSPS) is 39.4. The van der Waals surface area contributed by atoms with Gasteiger partial charge in [-0.05, 0) is 36.6 Å². The highest BCUT2D eigenvalue weighted by Crippen LogP contribution is 2.67. The van der Waals surface area contributed by atoms with Crippen LogP contribution in [0, 0.1) is 17.3 Å². The van der Waals surface area contributed by atoms with E-state index < -0.39 is 0 Å². The number of esters is 1. The van der Waals surface area contributed by atoms with Crippen molar-refractivity contribution in [1.82, 2.24) is 5.32 Å². The van der Waals surface area contributed by atoms with Gasteiger partial charge in [0.1, 0.15) is 6.61 Å². The van der Waals surface area contributed by atoms with Crippen LogP contribution < -0.4 is 5.32 Å². The molecule has 3 fully saturated rings. The van der Waals surface area contributed by atoms with Crippen molar-refractivity contribution < 1.29 is 14.3 Å². The van der Waals surface area contributed by atoms with Crippen LogP contribution in [0.5, 0.6) is 0 Å². The molecule has 16 heavy (non-hydrogen) atoms. The lowest BCUT2D eigenvalue weighted by atomic mass is 9.89. The number of fused-ring (bicyclic) bond motifs is 3. The quantitative estimate of drug-likeness (QED) is 0.698. The summed E-state index contributed by atoms with van der Waals surface area (Å²) < 4.78 is 10.6. The summed E-state index contributed by atoms with van der Waals surface area (Å²) in [6, 6.07) is 0.381. The van der Waals surface area contributed by atoms with Gasteiger partial charge in [-0.25, -0.2) is 0 Å². The van der Waals surface area contributed by atoms with Crippen LogP contribution in [0.15, 0.2) is 0 Å². The summed E-state index contributed by atoms with van der Waals surface area (Å²) >= 11 is 0. The van der Waals surface area contributed by atoms with Gasteiger partial charge in [0.2, 0.25) is 0 Å². The van der Waals surface area contributed by atoms with E-state index in [0.717, 1.165) is 31.6 Å². The molecule has 0 aromatic heterocycles. The molecule has 1 N–H and O–H groups in total. The van der Waals surface area contributed by atoms with Gasteiger partial charge in [0, 0.05) is 26.2 Å². The number of piperidine rings is 1. The Morgan fingerprint density at radius 3 is 2.94 bits per heavy atom. The zero-order chi connectivity index (χ0) is 11.2. The molecule has 2 heterocycles. The molecule has 4 heteroatoms. The summed E-state index contributed by atoms with van der Waals surface area (Å²) in [5.41, 5.74) is 0.522. The number of nitrogens with one attached hydrogen (secondary N) is 1. The predicted octanol–water partition coefficient (Wildman–Crippen LogP) is 0.564. The van der Waals surface area contributed by atoms with E-state index in [2.05, 4.69) is 5.32 Å². The lowest BCUT2D eigenvalue weighted by Gasteiger charge is -2.28. The second-order valence-electron chi connectivity index (χ2n) is 5.30. The third-order valence-electron chi connectivity index (χ3n) is 4.65. The molecule has 0 aromatic carbocycles. The van der Waals surface area contributed by atoms with Crippen molar-refractivity contribution in [3.8, 4) is 0 Å². The van der Waals surface area contributed by atoms with Crippen LogP contribution in [0.3, 0.4) is 0 Å².